The van der Waals surface area contributed by atoms with E-state index in [1.54, 1.807) is 25.6 Å². The number of hydrogen-bond donors (Lipinski definition) is 1. The van der Waals surface area contributed by atoms with E-state index in [0.29, 0.717) is 31.0 Å². The normalized spacial score (nSPS) is 10.9. The number of aryl methyl sites for hydroxylation is 1. The zero-order valence-corrected chi connectivity index (χ0v) is 19.3. The lowest BCUT2D eigenvalue weighted by atomic mass is 9.98. The number of ether oxygens (including phenoxy) is 2. The molecule has 4 aromatic rings. The van der Waals surface area contributed by atoms with Crippen molar-refractivity contribution in [2.45, 2.75) is 25.3 Å². The van der Waals surface area contributed by atoms with Crippen LogP contribution < -0.4 is 14.8 Å². The highest BCUT2D eigenvalue weighted by molar-refractivity contribution is 7.13. The van der Waals surface area contributed by atoms with Crippen molar-refractivity contribution >= 4 is 17.2 Å². The Labute approximate surface area is 196 Å². The Bertz CT molecular complexity index is 1110. The van der Waals surface area contributed by atoms with E-state index >= 15 is 0 Å². The Morgan fingerprint density at radius 2 is 1.64 bits per heavy atom. The third-order valence-electron chi connectivity index (χ3n) is 5.21. The Morgan fingerprint density at radius 3 is 2.18 bits per heavy atom. The molecule has 0 bridgehead atoms. The van der Waals surface area contributed by atoms with E-state index in [-0.39, 0.29) is 11.9 Å². The number of nitrogens with one attached hydrogen (secondary N) is 1. The van der Waals surface area contributed by atoms with Crippen molar-refractivity contribution in [3.63, 3.8) is 0 Å². The largest absolute Gasteiger partial charge is 0.497 e. The highest BCUT2D eigenvalue weighted by Crippen LogP contribution is 2.26. The lowest BCUT2D eigenvalue weighted by Gasteiger charge is -2.20. The van der Waals surface area contributed by atoms with Crippen LogP contribution in [0.5, 0.6) is 11.5 Å². The molecule has 4 rings (SSSR count). The molecule has 7 nitrogen and oxygen atoms in total. The molecule has 0 saturated carbocycles. The van der Waals surface area contributed by atoms with Gasteiger partial charge in [-0.2, -0.15) is 4.98 Å². The fraction of sp³-hybridized carbons (Fsp3) is 0.240. The molecule has 1 amide bonds. The van der Waals surface area contributed by atoms with Gasteiger partial charge >= 0.3 is 0 Å². The maximum atomic E-state index is 12.8. The number of rotatable bonds is 10. The van der Waals surface area contributed by atoms with Crippen molar-refractivity contribution < 1.29 is 18.8 Å². The average molecular weight is 464 g/mol. The van der Waals surface area contributed by atoms with Crippen LogP contribution in [0, 0.1) is 0 Å². The first-order chi connectivity index (χ1) is 16.2. The van der Waals surface area contributed by atoms with Gasteiger partial charge < -0.3 is 19.3 Å². The van der Waals surface area contributed by atoms with Gasteiger partial charge in [0.05, 0.1) is 25.1 Å². The second-order valence-electron chi connectivity index (χ2n) is 7.39. The summed E-state index contributed by atoms with van der Waals surface area (Å²) in [6.45, 7) is 0. The van der Waals surface area contributed by atoms with Crippen LogP contribution >= 0.6 is 11.3 Å². The number of amides is 1. The van der Waals surface area contributed by atoms with Crippen molar-refractivity contribution in [3.8, 4) is 22.2 Å². The summed E-state index contributed by atoms with van der Waals surface area (Å²) in [5.74, 6) is 2.60. The van der Waals surface area contributed by atoms with Gasteiger partial charge in [-0.05, 0) is 53.3 Å². The molecule has 0 unspecified atom stereocenters. The quantitative estimate of drug-likeness (QED) is 0.354. The Kier molecular flexibility index (Phi) is 7.36. The van der Waals surface area contributed by atoms with Gasteiger partial charge in [0.2, 0.25) is 17.6 Å². The van der Waals surface area contributed by atoms with Gasteiger partial charge in [-0.3, -0.25) is 4.79 Å². The smallest absolute Gasteiger partial charge is 0.226 e. The number of aromatic nitrogens is 2. The van der Waals surface area contributed by atoms with Crippen LogP contribution in [0.25, 0.3) is 10.7 Å². The molecule has 0 fully saturated rings. The number of methoxy groups -OCH3 is 2. The fourth-order valence-electron chi connectivity index (χ4n) is 3.45. The molecule has 8 heteroatoms. The number of hydrogen-bond acceptors (Lipinski definition) is 7. The lowest BCUT2D eigenvalue weighted by Crippen LogP contribution is -2.29. The standard InChI is InChI=1S/C25H25N3O4S/c1-30-19-12-8-17(9-13-19)24(18-10-14-20(31-2)15-11-18)26-22(29)6-3-7-23-27-25(28-32-23)21-5-4-16-33-21/h4-5,8-16,24H,3,6-7H2,1-2H3,(H,26,29). The second kappa shape index (κ2) is 10.8. The summed E-state index contributed by atoms with van der Waals surface area (Å²) < 4.78 is 15.9. The summed E-state index contributed by atoms with van der Waals surface area (Å²) in [4.78, 5) is 18.2. The minimum atomic E-state index is -0.289. The second-order valence-corrected chi connectivity index (χ2v) is 8.34. The Balaban J connectivity index is 1.40. The summed E-state index contributed by atoms with van der Waals surface area (Å²) >= 11 is 1.56. The van der Waals surface area contributed by atoms with Gasteiger partial charge in [0.1, 0.15) is 11.5 Å². The van der Waals surface area contributed by atoms with Crippen molar-refractivity contribution in [1.82, 2.24) is 15.5 Å². The summed E-state index contributed by atoms with van der Waals surface area (Å²) in [5.41, 5.74) is 1.93. The predicted molar refractivity (Wildman–Crippen MR) is 127 cm³/mol. The van der Waals surface area contributed by atoms with Crippen molar-refractivity contribution in [3.05, 3.63) is 83.1 Å². The van der Waals surface area contributed by atoms with Gasteiger partial charge in [0.25, 0.3) is 0 Å². The third kappa shape index (κ3) is 5.78. The maximum Gasteiger partial charge on any atom is 0.226 e. The Morgan fingerprint density at radius 1 is 1.00 bits per heavy atom. The van der Waals surface area contributed by atoms with Crippen LogP contribution in [-0.2, 0) is 11.2 Å². The van der Waals surface area contributed by atoms with Crippen LogP contribution in [0.1, 0.15) is 35.9 Å². The van der Waals surface area contributed by atoms with Crippen LogP contribution in [0.4, 0.5) is 0 Å². The summed E-state index contributed by atoms with van der Waals surface area (Å²) in [6.07, 6.45) is 1.50. The fourth-order valence-corrected chi connectivity index (χ4v) is 4.10. The minimum absolute atomic E-state index is 0.0513. The summed E-state index contributed by atoms with van der Waals surface area (Å²) in [7, 11) is 3.26. The molecule has 0 saturated heterocycles. The SMILES string of the molecule is COc1ccc(C(NC(=O)CCCc2nc(-c3cccs3)no2)c2ccc(OC)cc2)cc1. The van der Waals surface area contributed by atoms with Crippen LogP contribution in [0.15, 0.2) is 70.6 Å². The molecule has 0 atom stereocenters. The summed E-state index contributed by atoms with van der Waals surface area (Å²) in [5, 5.41) is 9.14. The molecular formula is C25H25N3O4S. The van der Waals surface area contributed by atoms with E-state index in [1.807, 2.05) is 66.0 Å². The number of benzene rings is 2. The predicted octanol–water partition coefficient (Wildman–Crippen LogP) is 5.04. The third-order valence-corrected chi connectivity index (χ3v) is 6.07. The van der Waals surface area contributed by atoms with E-state index in [0.717, 1.165) is 27.5 Å². The first kappa shape index (κ1) is 22.5. The first-order valence-corrected chi connectivity index (χ1v) is 11.5. The van der Waals surface area contributed by atoms with Crippen LogP contribution in [-0.4, -0.2) is 30.3 Å². The topological polar surface area (TPSA) is 86.5 Å². The van der Waals surface area contributed by atoms with Gasteiger partial charge in [-0.15, -0.1) is 11.3 Å². The zero-order chi connectivity index (χ0) is 23.0. The number of carbonyl (C=O) groups excluding carboxylic acids is 1. The van der Waals surface area contributed by atoms with Crippen molar-refractivity contribution in [2.24, 2.45) is 0 Å². The Hall–Kier alpha value is -3.65. The molecular weight excluding hydrogens is 438 g/mol. The number of carbonyl (C=O) groups is 1. The molecule has 0 radical (unpaired) electrons. The number of thiophene rings is 1. The monoisotopic (exact) mass is 463 g/mol. The molecule has 2 aromatic heterocycles. The molecule has 2 heterocycles. The molecule has 170 valence electrons. The average Bonchev–Trinajstić information content (AvgIpc) is 3.55. The molecule has 0 aliphatic rings. The summed E-state index contributed by atoms with van der Waals surface area (Å²) in [6, 6.07) is 19.0. The maximum absolute atomic E-state index is 12.8. The molecule has 0 spiro atoms. The van der Waals surface area contributed by atoms with Gasteiger partial charge in [-0.1, -0.05) is 35.5 Å². The van der Waals surface area contributed by atoms with Gasteiger partial charge in [-0.25, -0.2) is 0 Å². The van der Waals surface area contributed by atoms with Crippen molar-refractivity contribution in [1.29, 1.82) is 0 Å². The van der Waals surface area contributed by atoms with Gasteiger partial charge in [0, 0.05) is 12.8 Å². The zero-order valence-electron chi connectivity index (χ0n) is 18.5. The molecule has 1 N–H and O–H groups in total. The highest BCUT2D eigenvalue weighted by Gasteiger charge is 2.18. The van der Waals surface area contributed by atoms with Gasteiger partial charge in [0.15, 0.2) is 0 Å². The van der Waals surface area contributed by atoms with Crippen LogP contribution in [0.3, 0.4) is 0 Å². The number of nitrogens with zero attached hydrogens (tertiary/aromatic N) is 2. The molecule has 33 heavy (non-hydrogen) atoms. The van der Waals surface area contributed by atoms with Crippen LogP contribution in [0.2, 0.25) is 0 Å². The van der Waals surface area contributed by atoms with E-state index in [9.17, 15) is 4.79 Å². The molecule has 0 aliphatic carbocycles. The molecule has 2 aromatic carbocycles. The van der Waals surface area contributed by atoms with E-state index in [1.165, 1.54) is 0 Å². The highest BCUT2D eigenvalue weighted by atomic mass is 32.1. The van der Waals surface area contributed by atoms with E-state index in [4.69, 9.17) is 14.0 Å². The molecule has 0 aliphatic heterocycles. The minimum Gasteiger partial charge on any atom is -0.497 e. The van der Waals surface area contributed by atoms with Crippen molar-refractivity contribution in [2.75, 3.05) is 14.2 Å². The first-order valence-electron chi connectivity index (χ1n) is 10.6. The lowest BCUT2D eigenvalue weighted by molar-refractivity contribution is -0.121. The van der Waals surface area contributed by atoms with E-state index in [2.05, 4.69) is 15.5 Å². The van der Waals surface area contributed by atoms with E-state index < -0.39 is 0 Å².